The topological polar surface area (TPSA) is 123 Å². The Morgan fingerprint density at radius 3 is 2.53 bits per heavy atom. The van der Waals surface area contributed by atoms with Crippen LogP contribution in [0.1, 0.15) is 24.8 Å². The number of carbonyl (C=O) groups excluding carboxylic acids is 2. The fourth-order valence-electron chi connectivity index (χ4n) is 3.35. The summed E-state index contributed by atoms with van der Waals surface area (Å²) in [5, 5.41) is 6.47. The highest BCUT2D eigenvalue weighted by atomic mass is 19.1. The number of hydrogen-bond acceptors (Lipinski definition) is 5. The number of amides is 2. The molecule has 1 aromatic heterocycles. The molecule has 2 atom stereocenters. The van der Waals surface area contributed by atoms with Gasteiger partial charge in [-0.3, -0.25) is 14.6 Å². The minimum atomic E-state index is -0.817. The molecule has 1 heterocycles. The van der Waals surface area contributed by atoms with Crippen molar-refractivity contribution in [2.24, 2.45) is 11.5 Å². The molecule has 0 saturated carbocycles. The van der Waals surface area contributed by atoms with Gasteiger partial charge in [0.15, 0.2) is 0 Å². The summed E-state index contributed by atoms with van der Waals surface area (Å²) < 4.78 is 13.2. The van der Waals surface area contributed by atoms with Crippen molar-refractivity contribution in [3.05, 3.63) is 72.2 Å². The second kappa shape index (κ2) is 11.3. The lowest BCUT2D eigenvalue weighted by Gasteiger charge is -2.21. The van der Waals surface area contributed by atoms with E-state index < -0.39 is 18.0 Å². The van der Waals surface area contributed by atoms with Crippen LogP contribution in [0.5, 0.6) is 0 Å². The van der Waals surface area contributed by atoms with Crippen molar-refractivity contribution in [1.29, 1.82) is 0 Å². The summed E-state index contributed by atoms with van der Waals surface area (Å²) in [5.41, 5.74) is 13.6. The number of para-hydroxylation sites is 1. The monoisotopic (exact) mass is 437 g/mol. The molecule has 0 saturated heterocycles. The molecule has 0 bridgehead atoms. The molecule has 168 valence electrons. The number of hydrogen-bond donors (Lipinski definition) is 4. The first kappa shape index (κ1) is 23.3. The normalized spacial score (nSPS) is 12.8. The van der Waals surface area contributed by atoms with E-state index in [1.54, 1.807) is 18.3 Å². The third-order valence-corrected chi connectivity index (χ3v) is 5.18. The van der Waals surface area contributed by atoms with E-state index in [2.05, 4.69) is 15.6 Å². The van der Waals surface area contributed by atoms with E-state index in [1.807, 2.05) is 30.3 Å². The third-order valence-electron chi connectivity index (χ3n) is 5.18. The first-order chi connectivity index (χ1) is 15.5. The number of anilines is 1. The van der Waals surface area contributed by atoms with Gasteiger partial charge in [-0.1, -0.05) is 30.3 Å². The smallest absolute Gasteiger partial charge is 0.247 e. The Morgan fingerprint density at radius 1 is 1.03 bits per heavy atom. The van der Waals surface area contributed by atoms with Crippen LogP contribution in [0.3, 0.4) is 0 Å². The summed E-state index contributed by atoms with van der Waals surface area (Å²) in [5.74, 6) is -1.11. The minimum Gasteiger partial charge on any atom is -0.343 e. The molecular formula is C24H28FN5O2. The number of fused-ring (bicyclic) bond motifs is 1. The molecule has 7 nitrogen and oxygen atoms in total. The van der Waals surface area contributed by atoms with Crippen molar-refractivity contribution < 1.29 is 14.0 Å². The Kier molecular flexibility index (Phi) is 8.24. The van der Waals surface area contributed by atoms with Crippen molar-refractivity contribution in [3.8, 4) is 0 Å². The van der Waals surface area contributed by atoms with E-state index in [1.165, 1.54) is 12.1 Å². The Morgan fingerprint density at radius 2 is 1.78 bits per heavy atom. The lowest BCUT2D eigenvalue weighted by atomic mass is 10.0. The van der Waals surface area contributed by atoms with Gasteiger partial charge in [-0.25, -0.2) is 4.39 Å². The van der Waals surface area contributed by atoms with Crippen molar-refractivity contribution in [2.75, 3.05) is 11.9 Å². The molecule has 0 radical (unpaired) electrons. The van der Waals surface area contributed by atoms with Gasteiger partial charge in [-0.15, -0.1) is 0 Å². The number of aromatic nitrogens is 1. The van der Waals surface area contributed by atoms with Gasteiger partial charge in [0.2, 0.25) is 11.8 Å². The van der Waals surface area contributed by atoms with Gasteiger partial charge < -0.3 is 22.1 Å². The van der Waals surface area contributed by atoms with Crippen molar-refractivity contribution in [3.63, 3.8) is 0 Å². The SMILES string of the molecule is NCCC[C@H](N)C(=O)N[C@@H](CCc1ccc(F)cc1)C(=O)Nc1cnc2ccccc2c1. The first-order valence-corrected chi connectivity index (χ1v) is 10.6. The summed E-state index contributed by atoms with van der Waals surface area (Å²) in [6.07, 6.45) is 3.43. The number of nitrogens with zero attached hydrogens (tertiary/aromatic N) is 1. The maximum absolute atomic E-state index is 13.2. The van der Waals surface area contributed by atoms with Crippen LogP contribution in [-0.4, -0.2) is 35.4 Å². The predicted molar refractivity (Wildman–Crippen MR) is 123 cm³/mol. The standard InChI is InChI=1S/C24H28FN5O2/c25-18-10-7-16(8-11-18)9-12-22(30-23(31)20(27)5-3-13-26)24(32)29-19-14-17-4-1-2-6-21(17)28-15-19/h1-2,4,6-8,10-11,14-15,20,22H,3,5,9,12-13,26-27H2,(H,29,32)(H,30,31)/t20-,22-/m0/s1. The maximum Gasteiger partial charge on any atom is 0.247 e. The number of carbonyl (C=O) groups is 2. The lowest BCUT2D eigenvalue weighted by Crippen LogP contribution is -2.50. The molecule has 0 aliphatic carbocycles. The van der Waals surface area contributed by atoms with Gasteiger partial charge in [0, 0.05) is 5.39 Å². The van der Waals surface area contributed by atoms with E-state index in [0.717, 1.165) is 16.5 Å². The van der Waals surface area contributed by atoms with E-state index in [9.17, 15) is 14.0 Å². The molecule has 3 aromatic rings. The van der Waals surface area contributed by atoms with Crippen molar-refractivity contribution in [2.45, 2.75) is 37.8 Å². The van der Waals surface area contributed by atoms with Gasteiger partial charge in [0.1, 0.15) is 11.9 Å². The lowest BCUT2D eigenvalue weighted by molar-refractivity contribution is -0.127. The van der Waals surface area contributed by atoms with Crippen molar-refractivity contribution in [1.82, 2.24) is 10.3 Å². The third kappa shape index (κ3) is 6.57. The van der Waals surface area contributed by atoms with Crippen LogP contribution < -0.4 is 22.1 Å². The molecule has 2 amide bonds. The zero-order valence-corrected chi connectivity index (χ0v) is 17.8. The number of nitrogens with one attached hydrogen (secondary N) is 2. The number of nitrogens with two attached hydrogens (primary N) is 2. The highest BCUT2D eigenvalue weighted by Gasteiger charge is 2.24. The summed E-state index contributed by atoms with van der Waals surface area (Å²) >= 11 is 0. The van der Waals surface area contributed by atoms with Gasteiger partial charge in [0.05, 0.1) is 23.4 Å². The molecule has 2 aromatic carbocycles. The molecule has 0 aliphatic rings. The maximum atomic E-state index is 13.2. The van der Waals surface area contributed by atoms with Gasteiger partial charge in [-0.2, -0.15) is 0 Å². The van der Waals surface area contributed by atoms with Crippen LogP contribution >= 0.6 is 0 Å². The second-order valence-electron chi connectivity index (χ2n) is 7.67. The Balaban J connectivity index is 1.71. The summed E-state index contributed by atoms with van der Waals surface area (Å²) in [7, 11) is 0. The van der Waals surface area contributed by atoms with Crippen molar-refractivity contribution >= 4 is 28.4 Å². The largest absolute Gasteiger partial charge is 0.343 e. The average Bonchev–Trinajstić information content (AvgIpc) is 2.80. The fourth-order valence-corrected chi connectivity index (χ4v) is 3.35. The second-order valence-corrected chi connectivity index (χ2v) is 7.67. The number of halogens is 1. The fraction of sp³-hybridized carbons (Fsp3) is 0.292. The molecule has 8 heteroatoms. The Bertz CT molecular complexity index is 1060. The van der Waals surface area contributed by atoms with Crippen LogP contribution in [0.4, 0.5) is 10.1 Å². The van der Waals surface area contributed by atoms with E-state index in [4.69, 9.17) is 11.5 Å². The number of aryl methyl sites for hydroxylation is 1. The highest BCUT2D eigenvalue weighted by Crippen LogP contribution is 2.17. The molecule has 0 fully saturated rings. The average molecular weight is 438 g/mol. The predicted octanol–water partition coefficient (Wildman–Crippen LogP) is 2.50. The van der Waals surface area contributed by atoms with Crippen LogP contribution in [0, 0.1) is 5.82 Å². The van der Waals surface area contributed by atoms with Crippen LogP contribution in [0.15, 0.2) is 60.8 Å². The summed E-state index contributed by atoms with van der Waals surface area (Å²) in [6, 6.07) is 13.9. The summed E-state index contributed by atoms with van der Waals surface area (Å²) in [4.78, 5) is 29.9. The van der Waals surface area contributed by atoms with E-state index in [0.29, 0.717) is 37.9 Å². The van der Waals surface area contributed by atoms with Crippen LogP contribution in [0.25, 0.3) is 10.9 Å². The molecule has 0 aliphatic heterocycles. The number of rotatable bonds is 10. The number of benzene rings is 2. The molecule has 0 spiro atoms. The quantitative estimate of drug-likeness (QED) is 0.388. The van der Waals surface area contributed by atoms with E-state index >= 15 is 0 Å². The molecule has 0 unspecified atom stereocenters. The van der Waals surface area contributed by atoms with Gasteiger partial charge in [-0.05, 0) is 62.1 Å². The summed E-state index contributed by atoms with van der Waals surface area (Å²) in [6.45, 7) is 0.435. The molecule has 3 rings (SSSR count). The zero-order chi connectivity index (χ0) is 22.9. The Labute approximate surface area is 186 Å². The molecular weight excluding hydrogens is 409 g/mol. The Hall–Kier alpha value is -3.36. The van der Waals surface area contributed by atoms with Gasteiger partial charge in [0.25, 0.3) is 0 Å². The number of pyridine rings is 1. The van der Waals surface area contributed by atoms with Crippen LogP contribution in [-0.2, 0) is 16.0 Å². The van der Waals surface area contributed by atoms with E-state index in [-0.39, 0.29) is 11.7 Å². The molecule has 32 heavy (non-hydrogen) atoms. The zero-order valence-electron chi connectivity index (χ0n) is 17.8. The molecule has 6 N–H and O–H groups in total. The van der Waals surface area contributed by atoms with Crippen LogP contribution in [0.2, 0.25) is 0 Å². The highest BCUT2D eigenvalue weighted by molar-refractivity contribution is 5.98. The van der Waals surface area contributed by atoms with Gasteiger partial charge >= 0.3 is 0 Å². The minimum absolute atomic E-state index is 0.327. The first-order valence-electron chi connectivity index (χ1n) is 10.6.